The van der Waals surface area contributed by atoms with Crippen LogP contribution in [0.5, 0.6) is 0 Å². The molecule has 0 aromatic carbocycles. The predicted molar refractivity (Wildman–Crippen MR) is 120 cm³/mol. The maximum Gasteiger partial charge on any atom is 0.225 e. The lowest BCUT2D eigenvalue weighted by Gasteiger charge is -2.25. The van der Waals surface area contributed by atoms with Crippen LogP contribution in [0.3, 0.4) is 0 Å². The van der Waals surface area contributed by atoms with Crippen LogP contribution in [0.25, 0.3) is 0 Å². The number of unbranched alkanes of at least 4 members (excludes halogenated alkanes) is 13. The van der Waals surface area contributed by atoms with Crippen LogP contribution in [0.1, 0.15) is 124 Å². The van der Waals surface area contributed by atoms with Crippen LogP contribution in [0.2, 0.25) is 0 Å². The maximum atomic E-state index is 12.5. The minimum absolute atomic E-state index is 0.203. The Morgan fingerprint density at radius 3 is 1.56 bits per heavy atom. The number of carbonyl (C=O) groups excluding carboxylic acids is 1. The third-order valence-corrected chi connectivity index (χ3v) is 5.84. The summed E-state index contributed by atoms with van der Waals surface area (Å²) in [6.45, 7) is 8.52. The zero-order valence-corrected chi connectivity index (χ0v) is 18.9. The molecule has 27 heavy (non-hydrogen) atoms. The highest BCUT2D eigenvalue weighted by atomic mass is 16.2. The van der Waals surface area contributed by atoms with E-state index in [1.54, 1.807) is 0 Å². The van der Waals surface area contributed by atoms with Crippen molar-refractivity contribution in [3.8, 4) is 0 Å². The normalized spacial score (nSPS) is 12.3. The molecule has 0 saturated heterocycles. The van der Waals surface area contributed by atoms with Crippen molar-refractivity contribution in [2.45, 2.75) is 124 Å². The van der Waals surface area contributed by atoms with E-state index in [4.69, 9.17) is 5.73 Å². The van der Waals surface area contributed by atoms with E-state index in [1.807, 2.05) is 11.8 Å². The molecule has 0 aromatic rings. The van der Waals surface area contributed by atoms with Gasteiger partial charge in [0.15, 0.2) is 0 Å². The summed E-state index contributed by atoms with van der Waals surface area (Å²) in [5.41, 5.74) is 5.62. The second kappa shape index (κ2) is 20.2. The average Bonchev–Trinajstić information content (AvgIpc) is 2.68. The van der Waals surface area contributed by atoms with Crippen molar-refractivity contribution >= 4 is 5.91 Å². The van der Waals surface area contributed by atoms with Gasteiger partial charge in [-0.3, -0.25) is 4.79 Å². The third kappa shape index (κ3) is 15.1. The van der Waals surface area contributed by atoms with Crippen molar-refractivity contribution in [1.82, 2.24) is 4.90 Å². The fourth-order valence-electron chi connectivity index (χ4n) is 3.93. The number of rotatable bonds is 20. The van der Waals surface area contributed by atoms with Crippen LogP contribution < -0.4 is 5.73 Å². The Balaban J connectivity index is 3.52. The summed E-state index contributed by atoms with van der Waals surface area (Å²) in [4.78, 5) is 14.5. The fourth-order valence-corrected chi connectivity index (χ4v) is 3.93. The summed E-state index contributed by atoms with van der Waals surface area (Å²) in [6, 6.07) is 0. The van der Waals surface area contributed by atoms with Gasteiger partial charge in [0.25, 0.3) is 0 Å². The Labute approximate surface area is 170 Å². The lowest BCUT2D eigenvalue weighted by Crippen LogP contribution is -2.39. The predicted octanol–water partition coefficient (Wildman–Crippen LogP) is 6.69. The van der Waals surface area contributed by atoms with Crippen LogP contribution in [0.4, 0.5) is 0 Å². The highest BCUT2D eigenvalue weighted by Gasteiger charge is 2.20. The quantitative estimate of drug-likeness (QED) is 0.238. The molecule has 0 aliphatic heterocycles. The average molecular weight is 383 g/mol. The second-order valence-electron chi connectivity index (χ2n) is 8.20. The van der Waals surface area contributed by atoms with E-state index in [1.165, 1.54) is 89.9 Å². The van der Waals surface area contributed by atoms with Crippen molar-refractivity contribution in [2.75, 3.05) is 19.6 Å². The first-order valence-corrected chi connectivity index (χ1v) is 12.2. The Bertz CT molecular complexity index is 320. The van der Waals surface area contributed by atoms with Crippen LogP contribution in [0.15, 0.2) is 0 Å². The van der Waals surface area contributed by atoms with E-state index in [0.29, 0.717) is 19.0 Å². The lowest BCUT2D eigenvalue weighted by molar-refractivity contribution is -0.135. The van der Waals surface area contributed by atoms with Crippen molar-refractivity contribution in [1.29, 1.82) is 0 Å². The number of nitrogens with two attached hydrogens (primary N) is 1. The molecule has 1 unspecified atom stereocenters. The standard InChI is InChI=1S/C24H50N2O/c1-4-7-8-9-10-11-12-13-14-15-16-17-18-19-20-23(5-2)24(27)26(6-3)22-21-25/h23H,4-22,25H2,1-3H3. The zero-order valence-electron chi connectivity index (χ0n) is 18.9. The molecule has 3 nitrogen and oxygen atoms in total. The topological polar surface area (TPSA) is 46.3 Å². The van der Waals surface area contributed by atoms with Gasteiger partial charge < -0.3 is 10.6 Å². The molecule has 162 valence electrons. The molecular weight excluding hydrogens is 332 g/mol. The van der Waals surface area contributed by atoms with Gasteiger partial charge in [-0.15, -0.1) is 0 Å². The molecule has 0 aliphatic carbocycles. The number of hydrogen-bond acceptors (Lipinski definition) is 2. The molecule has 0 rings (SSSR count). The fraction of sp³-hybridized carbons (Fsp3) is 0.958. The van der Waals surface area contributed by atoms with Crippen LogP contribution in [-0.4, -0.2) is 30.4 Å². The Hall–Kier alpha value is -0.570. The van der Waals surface area contributed by atoms with E-state index in [2.05, 4.69) is 13.8 Å². The third-order valence-electron chi connectivity index (χ3n) is 5.84. The smallest absolute Gasteiger partial charge is 0.225 e. The summed E-state index contributed by atoms with van der Waals surface area (Å²) in [7, 11) is 0. The molecular formula is C24H50N2O. The van der Waals surface area contributed by atoms with Crippen molar-refractivity contribution in [3.05, 3.63) is 0 Å². The van der Waals surface area contributed by atoms with Gasteiger partial charge in [0.1, 0.15) is 0 Å². The summed E-state index contributed by atoms with van der Waals surface area (Å²) in [5.74, 6) is 0.522. The molecule has 0 saturated carbocycles. The summed E-state index contributed by atoms with van der Waals surface area (Å²) < 4.78 is 0. The Kier molecular flexibility index (Phi) is 19.7. The van der Waals surface area contributed by atoms with Gasteiger partial charge in [0, 0.05) is 25.6 Å². The van der Waals surface area contributed by atoms with Gasteiger partial charge in [-0.1, -0.05) is 104 Å². The van der Waals surface area contributed by atoms with Gasteiger partial charge in [-0.2, -0.15) is 0 Å². The Morgan fingerprint density at radius 1 is 0.741 bits per heavy atom. The minimum Gasteiger partial charge on any atom is -0.341 e. The number of hydrogen-bond donors (Lipinski definition) is 1. The van der Waals surface area contributed by atoms with E-state index < -0.39 is 0 Å². The monoisotopic (exact) mass is 382 g/mol. The molecule has 0 heterocycles. The lowest BCUT2D eigenvalue weighted by atomic mass is 9.96. The molecule has 1 atom stereocenters. The number of nitrogens with zero attached hydrogens (tertiary/aromatic N) is 1. The van der Waals surface area contributed by atoms with Crippen LogP contribution in [-0.2, 0) is 4.79 Å². The maximum absolute atomic E-state index is 12.5. The molecule has 2 N–H and O–H groups in total. The molecule has 3 heteroatoms. The number of carbonyl (C=O) groups is 1. The summed E-state index contributed by atoms with van der Waals surface area (Å²) in [6.07, 6.45) is 21.4. The van der Waals surface area contributed by atoms with E-state index in [9.17, 15) is 4.79 Å². The number of likely N-dealkylation sites (N-methyl/N-ethyl adjacent to an activating group) is 1. The van der Waals surface area contributed by atoms with Crippen molar-refractivity contribution < 1.29 is 4.79 Å². The molecule has 0 radical (unpaired) electrons. The molecule has 1 amide bonds. The summed E-state index contributed by atoms with van der Waals surface area (Å²) >= 11 is 0. The first-order chi connectivity index (χ1) is 13.2. The van der Waals surface area contributed by atoms with Crippen molar-refractivity contribution in [2.24, 2.45) is 11.7 Å². The van der Waals surface area contributed by atoms with Gasteiger partial charge in [0.2, 0.25) is 5.91 Å². The van der Waals surface area contributed by atoms with Crippen LogP contribution in [0, 0.1) is 5.92 Å². The zero-order chi connectivity index (χ0) is 20.2. The molecule has 0 bridgehead atoms. The van der Waals surface area contributed by atoms with Gasteiger partial charge >= 0.3 is 0 Å². The molecule has 0 spiro atoms. The van der Waals surface area contributed by atoms with E-state index in [-0.39, 0.29) is 5.92 Å². The van der Waals surface area contributed by atoms with Crippen molar-refractivity contribution in [3.63, 3.8) is 0 Å². The Morgan fingerprint density at radius 2 is 1.19 bits per heavy atom. The first kappa shape index (κ1) is 26.4. The minimum atomic E-state index is 0.203. The first-order valence-electron chi connectivity index (χ1n) is 12.2. The van der Waals surface area contributed by atoms with Crippen LogP contribution >= 0.6 is 0 Å². The SMILES string of the molecule is CCCCCCCCCCCCCCCCC(CC)C(=O)N(CC)CCN. The molecule has 0 aromatic heterocycles. The largest absolute Gasteiger partial charge is 0.341 e. The second-order valence-corrected chi connectivity index (χ2v) is 8.20. The highest BCUT2D eigenvalue weighted by molar-refractivity contribution is 5.78. The van der Waals surface area contributed by atoms with Gasteiger partial charge in [-0.05, 0) is 19.8 Å². The number of amides is 1. The molecule has 0 aliphatic rings. The van der Waals surface area contributed by atoms with E-state index >= 15 is 0 Å². The summed E-state index contributed by atoms with van der Waals surface area (Å²) in [5, 5.41) is 0. The van der Waals surface area contributed by atoms with Gasteiger partial charge in [-0.25, -0.2) is 0 Å². The highest BCUT2D eigenvalue weighted by Crippen LogP contribution is 2.18. The van der Waals surface area contributed by atoms with E-state index in [0.717, 1.165) is 19.4 Å². The van der Waals surface area contributed by atoms with Gasteiger partial charge in [0.05, 0.1) is 0 Å². The molecule has 0 fully saturated rings.